The Kier molecular flexibility index (Phi) is 7.25. The molecule has 3 heteroatoms. The number of likely N-dealkylation sites (tertiary alicyclic amines) is 1. The van der Waals surface area contributed by atoms with Crippen LogP contribution < -0.4 is 0 Å². The molecule has 0 bridgehead atoms. The van der Waals surface area contributed by atoms with Crippen molar-refractivity contribution in [1.29, 1.82) is 0 Å². The van der Waals surface area contributed by atoms with Crippen LogP contribution in [0.4, 0.5) is 0 Å². The zero-order valence-electron chi connectivity index (χ0n) is 10.3. The number of halogens is 1. The number of hydrogen-bond acceptors (Lipinski definition) is 2. The van der Waals surface area contributed by atoms with Crippen molar-refractivity contribution in [3.05, 3.63) is 35.9 Å². The summed E-state index contributed by atoms with van der Waals surface area (Å²) in [5, 5.41) is 0. The fourth-order valence-electron chi connectivity index (χ4n) is 2.14. The third-order valence-corrected chi connectivity index (χ3v) is 3.11. The molecule has 96 valence electrons. The molecule has 1 aliphatic heterocycles. The molecule has 17 heavy (non-hydrogen) atoms. The normalized spacial score (nSPS) is 16.5. The maximum absolute atomic E-state index is 5.68. The summed E-state index contributed by atoms with van der Waals surface area (Å²) in [4.78, 5) is 2.51. The molecular formula is C14H22ClNO. The SMILES string of the molecule is Cl.c1ccc(COCCN2CCCCC2)cc1. The Bertz CT molecular complexity index is 286. The fourth-order valence-corrected chi connectivity index (χ4v) is 2.14. The maximum atomic E-state index is 5.68. The number of rotatable bonds is 5. The molecule has 0 unspecified atom stereocenters. The van der Waals surface area contributed by atoms with Gasteiger partial charge in [0, 0.05) is 6.54 Å². The van der Waals surface area contributed by atoms with Crippen LogP contribution in [0, 0.1) is 0 Å². The van der Waals surface area contributed by atoms with Crippen LogP contribution in [0.1, 0.15) is 24.8 Å². The molecule has 0 saturated carbocycles. The highest BCUT2D eigenvalue weighted by Gasteiger charge is 2.08. The van der Waals surface area contributed by atoms with Crippen molar-refractivity contribution in [2.45, 2.75) is 25.9 Å². The molecule has 0 spiro atoms. The van der Waals surface area contributed by atoms with E-state index < -0.39 is 0 Å². The fraction of sp³-hybridized carbons (Fsp3) is 0.571. The first-order valence-corrected chi connectivity index (χ1v) is 6.29. The van der Waals surface area contributed by atoms with Gasteiger partial charge in [0.05, 0.1) is 13.2 Å². The summed E-state index contributed by atoms with van der Waals surface area (Å²) in [6, 6.07) is 10.4. The minimum absolute atomic E-state index is 0. The van der Waals surface area contributed by atoms with Crippen LogP contribution >= 0.6 is 12.4 Å². The molecule has 1 aromatic carbocycles. The first-order chi connectivity index (χ1) is 7.95. The van der Waals surface area contributed by atoms with Crippen LogP contribution in [-0.4, -0.2) is 31.1 Å². The molecule has 0 radical (unpaired) electrons. The van der Waals surface area contributed by atoms with Crippen molar-refractivity contribution in [3.8, 4) is 0 Å². The van der Waals surface area contributed by atoms with E-state index in [2.05, 4.69) is 29.2 Å². The Labute approximate surface area is 110 Å². The summed E-state index contributed by atoms with van der Waals surface area (Å²) < 4.78 is 5.68. The zero-order valence-corrected chi connectivity index (χ0v) is 11.1. The Hall–Kier alpha value is -0.570. The summed E-state index contributed by atoms with van der Waals surface area (Å²) in [5.41, 5.74) is 1.26. The van der Waals surface area contributed by atoms with Gasteiger partial charge in [-0.25, -0.2) is 0 Å². The van der Waals surface area contributed by atoms with Crippen LogP contribution in [0.2, 0.25) is 0 Å². The first-order valence-electron chi connectivity index (χ1n) is 6.29. The number of benzene rings is 1. The summed E-state index contributed by atoms with van der Waals surface area (Å²) in [6.07, 6.45) is 4.12. The van der Waals surface area contributed by atoms with Crippen LogP contribution in [-0.2, 0) is 11.3 Å². The Morgan fingerprint density at radius 2 is 1.71 bits per heavy atom. The molecule has 2 rings (SSSR count). The monoisotopic (exact) mass is 255 g/mol. The van der Waals surface area contributed by atoms with Gasteiger partial charge in [0.2, 0.25) is 0 Å². The number of piperidine rings is 1. The average Bonchev–Trinajstić information content (AvgIpc) is 2.37. The van der Waals surface area contributed by atoms with Crippen molar-refractivity contribution in [2.24, 2.45) is 0 Å². The molecule has 1 saturated heterocycles. The van der Waals surface area contributed by atoms with Gasteiger partial charge in [-0.1, -0.05) is 36.8 Å². The highest BCUT2D eigenvalue weighted by atomic mass is 35.5. The predicted molar refractivity (Wildman–Crippen MR) is 73.6 cm³/mol. The Morgan fingerprint density at radius 1 is 1.00 bits per heavy atom. The van der Waals surface area contributed by atoms with E-state index in [9.17, 15) is 0 Å². The smallest absolute Gasteiger partial charge is 0.0717 e. The highest BCUT2D eigenvalue weighted by Crippen LogP contribution is 2.08. The van der Waals surface area contributed by atoms with Gasteiger partial charge in [-0.3, -0.25) is 0 Å². The van der Waals surface area contributed by atoms with Crippen molar-refractivity contribution < 1.29 is 4.74 Å². The van der Waals surface area contributed by atoms with Gasteiger partial charge in [-0.05, 0) is 31.5 Å². The van der Waals surface area contributed by atoms with E-state index in [1.54, 1.807) is 0 Å². The quantitative estimate of drug-likeness (QED) is 0.750. The third kappa shape index (κ3) is 5.53. The van der Waals surface area contributed by atoms with Gasteiger partial charge in [-0.15, -0.1) is 12.4 Å². The van der Waals surface area contributed by atoms with Crippen molar-refractivity contribution in [3.63, 3.8) is 0 Å². The Balaban J connectivity index is 0.00000144. The van der Waals surface area contributed by atoms with E-state index in [-0.39, 0.29) is 12.4 Å². The van der Waals surface area contributed by atoms with Gasteiger partial charge in [-0.2, -0.15) is 0 Å². The van der Waals surface area contributed by atoms with Crippen LogP contribution in [0.15, 0.2) is 30.3 Å². The van der Waals surface area contributed by atoms with Crippen molar-refractivity contribution in [2.75, 3.05) is 26.2 Å². The lowest BCUT2D eigenvalue weighted by molar-refractivity contribution is 0.0863. The molecule has 2 nitrogen and oxygen atoms in total. The van der Waals surface area contributed by atoms with E-state index in [0.717, 1.165) is 19.8 Å². The Morgan fingerprint density at radius 3 is 2.41 bits per heavy atom. The molecule has 0 aromatic heterocycles. The molecule has 1 aromatic rings. The van der Waals surface area contributed by atoms with E-state index >= 15 is 0 Å². The van der Waals surface area contributed by atoms with E-state index in [4.69, 9.17) is 4.74 Å². The minimum Gasteiger partial charge on any atom is -0.375 e. The summed E-state index contributed by atoms with van der Waals surface area (Å²) in [5.74, 6) is 0. The van der Waals surface area contributed by atoms with Crippen molar-refractivity contribution in [1.82, 2.24) is 4.90 Å². The second-order valence-corrected chi connectivity index (χ2v) is 4.44. The molecule has 1 heterocycles. The topological polar surface area (TPSA) is 12.5 Å². The third-order valence-electron chi connectivity index (χ3n) is 3.11. The lowest BCUT2D eigenvalue weighted by Crippen LogP contribution is -2.32. The largest absolute Gasteiger partial charge is 0.375 e. The van der Waals surface area contributed by atoms with Crippen LogP contribution in [0.5, 0.6) is 0 Å². The predicted octanol–water partition coefficient (Wildman–Crippen LogP) is 3.11. The highest BCUT2D eigenvalue weighted by molar-refractivity contribution is 5.85. The molecule has 1 aliphatic rings. The minimum atomic E-state index is 0. The summed E-state index contributed by atoms with van der Waals surface area (Å²) in [7, 11) is 0. The van der Waals surface area contributed by atoms with E-state index in [1.807, 2.05) is 6.07 Å². The molecule has 1 fully saturated rings. The second-order valence-electron chi connectivity index (χ2n) is 4.44. The van der Waals surface area contributed by atoms with Crippen molar-refractivity contribution >= 4 is 12.4 Å². The zero-order chi connectivity index (χ0) is 11.1. The number of hydrogen-bond donors (Lipinski definition) is 0. The van der Waals surface area contributed by atoms with E-state index in [1.165, 1.54) is 37.9 Å². The van der Waals surface area contributed by atoms with Crippen LogP contribution in [0.25, 0.3) is 0 Å². The number of nitrogens with zero attached hydrogens (tertiary/aromatic N) is 1. The molecule has 0 atom stereocenters. The first kappa shape index (κ1) is 14.5. The summed E-state index contributed by atoms with van der Waals surface area (Å²) >= 11 is 0. The molecule has 0 aliphatic carbocycles. The van der Waals surface area contributed by atoms with E-state index in [0.29, 0.717) is 0 Å². The van der Waals surface area contributed by atoms with Gasteiger partial charge in [0.15, 0.2) is 0 Å². The lowest BCUT2D eigenvalue weighted by atomic mass is 10.1. The van der Waals surface area contributed by atoms with Gasteiger partial charge in [0.25, 0.3) is 0 Å². The molecule has 0 amide bonds. The lowest BCUT2D eigenvalue weighted by Gasteiger charge is -2.26. The van der Waals surface area contributed by atoms with Crippen LogP contribution in [0.3, 0.4) is 0 Å². The van der Waals surface area contributed by atoms with Gasteiger partial charge >= 0.3 is 0 Å². The summed E-state index contributed by atoms with van der Waals surface area (Å²) in [6.45, 7) is 5.21. The van der Waals surface area contributed by atoms with Gasteiger partial charge in [0.1, 0.15) is 0 Å². The second kappa shape index (κ2) is 8.51. The molecular weight excluding hydrogens is 234 g/mol. The number of ether oxygens (including phenoxy) is 1. The molecule has 0 N–H and O–H groups in total. The van der Waals surface area contributed by atoms with Gasteiger partial charge < -0.3 is 9.64 Å². The average molecular weight is 256 g/mol. The maximum Gasteiger partial charge on any atom is 0.0717 e. The standard InChI is InChI=1S/C14H21NO.ClH/c1-3-7-14(8-4-1)13-16-12-11-15-9-5-2-6-10-15;/h1,3-4,7-8H,2,5-6,9-13H2;1H.